The van der Waals surface area contributed by atoms with Gasteiger partial charge in [0.05, 0.1) is 18.4 Å². The van der Waals surface area contributed by atoms with E-state index in [4.69, 9.17) is 4.42 Å². The predicted molar refractivity (Wildman–Crippen MR) is 117 cm³/mol. The molecular weight excluding hydrogens is 433 g/mol. The van der Waals surface area contributed by atoms with E-state index in [0.29, 0.717) is 12.3 Å². The number of furan rings is 1. The van der Waals surface area contributed by atoms with Crippen LogP contribution in [0, 0.1) is 0 Å². The normalized spacial score (nSPS) is 11.5. The average Bonchev–Trinajstić information content (AvgIpc) is 3.29. The van der Waals surface area contributed by atoms with Gasteiger partial charge in [-0.2, -0.15) is 13.2 Å². The number of hydrogen-bond acceptors (Lipinski definition) is 3. The molecule has 0 aliphatic carbocycles. The molecule has 0 saturated carbocycles. The van der Waals surface area contributed by atoms with Gasteiger partial charge in [-0.05, 0) is 49.7 Å². The summed E-state index contributed by atoms with van der Waals surface area (Å²) in [5.74, 6) is -0.397. The van der Waals surface area contributed by atoms with E-state index in [-0.39, 0.29) is 24.6 Å². The maximum absolute atomic E-state index is 13.3. The maximum atomic E-state index is 13.3. The van der Waals surface area contributed by atoms with Crippen molar-refractivity contribution in [2.24, 2.45) is 0 Å². The highest BCUT2D eigenvalue weighted by atomic mass is 19.4. The van der Waals surface area contributed by atoms with E-state index >= 15 is 0 Å². The highest BCUT2D eigenvalue weighted by Crippen LogP contribution is 2.30. The second-order valence-electron chi connectivity index (χ2n) is 7.92. The first-order valence-electron chi connectivity index (χ1n) is 10.5. The van der Waals surface area contributed by atoms with Gasteiger partial charge >= 0.3 is 6.18 Å². The van der Waals surface area contributed by atoms with E-state index in [9.17, 15) is 22.8 Å². The third-order valence-electron chi connectivity index (χ3n) is 5.12. The fourth-order valence-corrected chi connectivity index (χ4v) is 3.36. The Labute approximate surface area is 190 Å². The molecule has 0 fully saturated rings. The van der Waals surface area contributed by atoms with Crippen LogP contribution in [0.15, 0.2) is 77.4 Å². The Bertz CT molecular complexity index is 1060. The molecule has 8 heteroatoms. The van der Waals surface area contributed by atoms with Crippen molar-refractivity contribution in [3.05, 3.63) is 95.4 Å². The SMILES string of the molecule is CC(C)N(CC(=O)N(Cc1ccccc1)Cc1ccco1)C(=O)c1cccc(C(F)(F)F)c1. The zero-order valence-corrected chi connectivity index (χ0v) is 18.4. The summed E-state index contributed by atoms with van der Waals surface area (Å²) in [5.41, 5.74) is -0.128. The van der Waals surface area contributed by atoms with E-state index < -0.39 is 23.7 Å². The van der Waals surface area contributed by atoms with Crippen molar-refractivity contribution < 1.29 is 27.2 Å². The lowest BCUT2D eigenvalue weighted by molar-refractivity contribution is -0.137. The van der Waals surface area contributed by atoms with Gasteiger partial charge in [0.15, 0.2) is 0 Å². The molecule has 3 rings (SSSR count). The quantitative estimate of drug-likeness (QED) is 0.456. The van der Waals surface area contributed by atoms with Crippen LogP contribution in [0.3, 0.4) is 0 Å². The number of carbonyl (C=O) groups is 2. The smallest absolute Gasteiger partial charge is 0.416 e. The largest absolute Gasteiger partial charge is 0.467 e. The molecule has 5 nitrogen and oxygen atoms in total. The molecule has 0 N–H and O–H groups in total. The fraction of sp³-hybridized carbons (Fsp3) is 0.280. The number of amides is 2. The number of halogens is 3. The molecule has 33 heavy (non-hydrogen) atoms. The number of carbonyl (C=O) groups excluding carboxylic acids is 2. The summed E-state index contributed by atoms with van der Waals surface area (Å²) in [5, 5.41) is 0. The van der Waals surface area contributed by atoms with Gasteiger partial charge in [-0.25, -0.2) is 0 Å². The van der Waals surface area contributed by atoms with Crippen LogP contribution < -0.4 is 0 Å². The summed E-state index contributed by atoms with van der Waals surface area (Å²) >= 11 is 0. The molecule has 0 saturated heterocycles. The Kier molecular flexibility index (Phi) is 7.58. The monoisotopic (exact) mass is 458 g/mol. The molecule has 0 aliphatic rings. The molecule has 2 aromatic carbocycles. The van der Waals surface area contributed by atoms with Gasteiger partial charge in [-0.1, -0.05) is 36.4 Å². The van der Waals surface area contributed by atoms with Crippen LogP contribution in [-0.2, 0) is 24.1 Å². The minimum absolute atomic E-state index is 0.119. The third kappa shape index (κ3) is 6.47. The van der Waals surface area contributed by atoms with Gasteiger partial charge in [0.1, 0.15) is 12.3 Å². The number of rotatable bonds is 8. The number of alkyl halides is 3. The van der Waals surface area contributed by atoms with E-state index in [1.54, 1.807) is 30.9 Å². The van der Waals surface area contributed by atoms with Crippen molar-refractivity contribution >= 4 is 11.8 Å². The highest BCUT2D eigenvalue weighted by molar-refractivity contribution is 5.97. The van der Waals surface area contributed by atoms with E-state index in [1.165, 1.54) is 23.3 Å². The van der Waals surface area contributed by atoms with Crippen LogP contribution in [0.25, 0.3) is 0 Å². The topological polar surface area (TPSA) is 53.8 Å². The van der Waals surface area contributed by atoms with Crippen LogP contribution in [0.2, 0.25) is 0 Å². The van der Waals surface area contributed by atoms with Crippen molar-refractivity contribution in [3.8, 4) is 0 Å². The maximum Gasteiger partial charge on any atom is 0.416 e. The van der Waals surface area contributed by atoms with Gasteiger partial charge in [0.25, 0.3) is 5.91 Å². The molecule has 0 radical (unpaired) electrons. The van der Waals surface area contributed by atoms with E-state index in [1.807, 2.05) is 30.3 Å². The second kappa shape index (κ2) is 10.4. The number of benzene rings is 2. The van der Waals surface area contributed by atoms with Crippen LogP contribution in [0.4, 0.5) is 13.2 Å². The lowest BCUT2D eigenvalue weighted by atomic mass is 10.1. The molecule has 1 aromatic heterocycles. The number of nitrogens with zero attached hydrogens (tertiary/aromatic N) is 2. The summed E-state index contributed by atoms with van der Waals surface area (Å²) in [6.07, 6.45) is -3.05. The Morgan fingerprint density at radius 2 is 1.67 bits per heavy atom. The first kappa shape index (κ1) is 24.1. The molecule has 1 heterocycles. The van der Waals surface area contributed by atoms with Crippen LogP contribution in [0.1, 0.15) is 41.1 Å². The lowest BCUT2D eigenvalue weighted by Crippen LogP contribution is -2.45. The van der Waals surface area contributed by atoms with Gasteiger partial charge in [0, 0.05) is 18.2 Å². The van der Waals surface area contributed by atoms with Gasteiger partial charge in [-0.3, -0.25) is 9.59 Å². The van der Waals surface area contributed by atoms with Crippen LogP contribution in [0.5, 0.6) is 0 Å². The Hall–Kier alpha value is -3.55. The summed E-state index contributed by atoms with van der Waals surface area (Å²) in [7, 11) is 0. The Morgan fingerprint density at radius 3 is 2.27 bits per heavy atom. The average molecular weight is 458 g/mol. The Balaban J connectivity index is 1.82. The second-order valence-corrected chi connectivity index (χ2v) is 7.92. The van der Waals surface area contributed by atoms with Crippen LogP contribution in [-0.4, -0.2) is 34.2 Å². The molecule has 0 aliphatic heterocycles. The summed E-state index contributed by atoms with van der Waals surface area (Å²) in [6, 6.07) is 16.7. The van der Waals surface area contributed by atoms with Crippen molar-refractivity contribution in [1.82, 2.24) is 9.80 Å². The number of hydrogen-bond donors (Lipinski definition) is 0. The van der Waals surface area contributed by atoms with E-state index in [2.05, 4.69) is 0 Å². The molecule has 174 valence electrons. The molecule has 0 spiro atoms. The van der Waals surface area contributed by atoms with Crippen molar-refractivity contribution in [2.75, 3.05) is 6.54 Å². The standard InChI is InChI=1S/C25H25F3N2O3/c1-18(2)30(24(32)20-10-6-11-21(14-20)25(26,27)28)17-23(31)29(16-22-12-7-13-33-22)15-19-8-4-3-5-9-19/h3-14,18H,15-17H2,1-2H3. The zero-order chi connectivity index (χ0) is 24.0. The van der Waals surface area contributed by atoms with Gasteiger partial charge < -0.3 is 14.2 Å². The first-order valence-corrected chi connectivity index (χ1v) is 10.5. The Morgan fingerprint density at radius 1 is 0.939 bits per heavy atom. The third-order valence-corrected chi connectivity index (χ3v) is 5.12. The molecule has 0 bridgehead atoms. The summed E-state index contributed by atoms with van der Waals surface area (Å²) < 4.78 is 44.7. The molecular formula is C25H25F3N2O3. The molecule has 3 aromatic rings. The fourth-order valence-electron chi connectivity index (χ4n) is 3.36. The van der Waals surface area contributed by atoms with Gasteiger partial charge in [0.2, 0.25) is 5.91 Å². The van der Waals surface area contributed by atoms with Crippen molar-refractivity contribution in [1.29, 1.82) is 0 Å². The highest BCUT2D eigenvalue weighted by Gasteiger charge is 2.32. The zero-order valence-electron chi connectivity index (χ0n) is 18.4. The van der Waals surface area contributed by atoms with E-state index in [0.717, 1.165) is 17.7 Å². The van der Waals surface area contributed by atoms with Crippen molar-refractivity contribution in [3.63, 3.8) is 0 Å². The van der Waals surface area contributed by atoms with Gasteiger partial charge in [-0.15, -0.1) is 0 Å². The summed E-state index contributed by atoms with van der Waals surface area (Å²) in [4.78, 5) is 29.2. The predicted octanol–water partition coefficient (Wildman–Crippen LogP) is 5.38. The molecule has 0 atom stereocenters. The summed E-state index contributed by atoms with van der Waals surface area (Å²) in [6.45, 7) is 3.65. The van der Waals surface area contributed by atoms with Crippen molar-refractivity contribution in [2.45, 2.75) is 39.2 Å². The minimum atomic E-state index is -4.57. The minimum Gasteiger partial charge on any atom is -0.467 e. The lowest BCUT2D eigenvalue weighted by Gasteiger charge is -2.30. The molecule has 2 amide bonds. The first-order chi connectivity index (χ1) is 15.6. The van der Waals surface area contributed by atoms with Crippen LogP contribution >= 0.6 is 0 Å². The molecule has 0 unspecified atom stereocenters.